The molecule has 33 heavy (non-hydrogen) atoms. The molecule has 5 nitrogen and oxygen atoms in total. The van der Waals surface area contributed by atoms with Crippen LogP contribution in [0, 0.1) is 0 Å². The van der Waals surface area contributed by atoms with Crippen molar-refractivity contribution in [3.05, 3.63) is 0 Å². The number of halogens is 13. The number of alkyl halides is 13. The molecule has 0 bridgehead atoms. The molecule has 0 rings (SSSR count). The number of hydrogen-bond donors (Lipinski definition) is 1. The van der Waals surface area contributed by atoms with Gasteiger partial charge in [0.05, 0.1) is 25.3 Å². The van der Waals surface area contributed by atoms with Crippen LogP contribution in [0.15, 0.2) is 0 Å². The van der Waals surface area contributed by atoms with E-state index in [1.54, 1.807) is 0 Å². The molecule has 0 spiro atoms. The number of nitrogens with zero attached hydrogens (tertiary/aromatic N) is 1. The molecular weight excluding hydrogens is 516 g/mol. The summed E-state index contributed by atoms with van der Waals surface area (Å²) in [6.45, 7) is -3.87. The molecule has 0 aliphatic heterocycles. The van der Waals surface area contributed by atoms with Crippen LogP contribution < -0.4 is 34.7 Å². The van der Waals surface area contributed by atoms with Gasteiger partial charge in [-0.1, -0.05) is 0 Å². The minimum atomic E-state index is -7.97. The third-order valence-electron chi connectivity index (χ3n) is 3.79. The van der Waals surface area contributed by atoms with Crippen molar-refractivity contribution in [2.24, 2.45) is 0 Å². The van der Waals surface area contributed by atoms with Gasteiger partial charge in [0.2, 0.25) is 0 Å². The number of carbonyl (C=O) groups excluding carboxylic acids is 1. The number of carboxylic acids is 1. The van der Waals surface area contributed by atoms with Gasteiger partial charge < -0.3 is 19.7 Å². The predicted octanol–water partition coefficient (Wildman–Crippen LogP) is -0.821. The zero-order chi connectivity index (χ0) is 26.0. The number of aliphatic hydroxyl groups excluding tert-OH is 1. The summed E-state index contributed by atoms with van der Waals surface area (Å²) in [5.74, 6) is -38.9. The zero-order valence-electron chi connectivity index (χ0n) is 16.6. The molecule has 19 heteroatoms. The Balaban J connectivity index is 0. The van der Waals surface area contributed by atoms with Crippen molar-refractivity contribution in [3.63, 3.8) is 0 Å². The van der Waals surface area contributed by atoms with Gasteiger partial charge >= 0.3 is 65.3 Å². The Morgan fingerprint density at radius 3 is 1.70 bits per heavy atom. The number of aliphatic hydroxyl groups is 1. The van der Waals surface area contributed by atoms with E-state index < -0.39 is 80.6 Å². The molecule has 0 aliphatic rings. The number of rotatable bonds is 13. The van der Waals surface area contributed by atoms with Crippen molar-refractivity contribution in [1.82, 2.24) is 4.90 Å². The molecule has 0 radical (unpaired) electrons. The van der Waals surface area contributed by atoms with Crippen molar-refractivity contribution >= 4 is 5.97 Å². The maximum absolute atomic E-state index is 13.5. The van der Waals surface area contributed by atoms with Gasteiger partial charge in [-0.3, -0.25) is 4.90 Å². The SMILES string of the molecule is CN(CC(=O)[O-])CC(O)COCCC(F)(F)C(F)(F)C(F)(F)C(F)(F)C(F)(F)C(F)(F)F.[Na+]. The van der Waals surface area contributed by atoms with Crippen LogP contribution in [0.3, 0.4) is 0 Å². The molecule has 0 amide bonds. The normalized spacial score (nSPS) is 15.4. The first-order valence-corrected chi connectivity index (χ1v) is 8.05. The fourth-order valence-corrected chi connectivity index (χ4v) is 2.08. The molecule has 1 atom stereocenters. The third kappa shape index (κ3) is 7.46. The minimum Gasteiger partial charge on any atom is -0.549 e. The standard InChI is InChI=1S/C14H16F13NO4.Na/c1-28(5-8(30)31)4-7(29)6-32-3-2-9(15,16)10(17,18)11(19,20)12(21,22)13(23,24)14(25,26)27;/h7,29H,2-6H2,1H3,(H,30,31);/q;+1/p-1. The van der Waals surface area contributed by atoms with Crippen molar-refractivity contribution < 1.29 is 106 Å². The fraction of sp³-hybridized carbons (Fsp3) is 0.929. The summed E-state index contributed by atoms with van der Waals surface area (Å²) in [6.07, 6.45) is -11.7. The summed E-state index contributed by atoms with van der Waals surface area (Å²) in [6, 6.07) is 0. The summed E-state index contributed by atoms with van der Waals surface area (Å²) < 4.78 is 172. The van der Waals surface area contributed by atoms with Crippen LogP contribution in [-0.4, -0.2) is 91.2 Å². The summed E-state index contributed by atoms with van der Waals surface area (Å²) in [4.78, 5) is 11.2. The summed E-state index contributed by atoms with van der Waals surface area (Å²) in [7, 11) is 1.13. The number of carboxylic acid groups (broad SMARTS) is 1. The first kappa shape index (κ1) is 34.6. The topological polar surface area (TPSA) is 72.8 Å². The maximum atomic E-state index is 13.5. The predicted molar refractivity (Wildman–Crippen MR) is 74.7 cm³/mol. The van der Waals surface area contributed by atoms with E-state index in [4.69, 9.17) is 0 Å². The van der Waals surface area contributed by atoms with E-state index in [1.807, 2.05) is 0 Å². The van der Waals surface area contributed by atoms with E-state index in [1.165, 1.54) is 0 Å². The molecule has 1 N–H and O–H groups in total. The van der Waals surface area contributed by atoms with Crippen LogP contribution in [0.25, 0.3) is 0 Å². The zero-order valence-corrected chi connectivity index (χ0v) is 18.6. The van der Waals surface area contributed by atoms with E-state index in [2.05, 4.69) is 4.74 Å². The van der Waals surface area contributed by atoms with E-state index in [9.17, 15) is 72.1 Å². The number of hydrogen-bond acceptors (Lipinski definition) is 5. The number of ether oxygens (including phenoxy) is 1. The van der Waals surface area contributed by atoms with E-state index in [0.29, 0.717) is 0 Å². The molecule has 0 aromatic carbocycles. The first-order chi connectivity index (χ1) is 14.0. The monoisotopic (exact) mass is 531 g/mol. The molecule has 0 aromatic heterocycles. The number of carbonyl (C=O) groups is 1. The van der Waals surface area contributed by atoms with Crippen LogP contribution >= 0.6 is 0 Å². The molecule has 0 aliphatic carbocycles. The van der Waals surface area contributed by atoms with Crippen LogP contribution in [0.5, 0.6) is 0 Å². The second-order valence-corrected chi connectivity index (χ2v) is 6.55. The second-order valence-electron chi connectivity index (χ2n) is 6.55. The summed E-state index contributed by atoms with van der Waals surface area (Å²) in [5, 5.41) is 19.7. The van der Waals surface area contributed by atoms with E-state index in [-0.39, 0.29) is 29.6 Å². The van der Waals surface area contributed by atoms with E-state index in [0.717, 1.165) is 11.9 Å². The largest absolute Gasteiger partial charge is 1.00 e. The fourth-order valence-electron chi connectivity index (χ4n) is 2.08. The molecule has 1 unspecified atom stereocenters. The Morgan fingerprint density at radius 2 is 1.30 bits per heavy atom. The summed E-state index contributed by atoms with van der Waals surface area (Å²) in [5.41, 5.74) is 0. The van der Waals surface area contributed by atoms with Crippen molar-refractivity contribution in [1.29, 1.82) is 0 Å². The second kappa shape index (κ2) is 11.5. The molecular formula is C14H15F13NNaO4. The maximum Gasteiger partial charge on any atom is 1.00 e. The molecule has 0 saturated carbocycles. The number of likely N-dealkylation sites (N-methyl/N-ethyl adjacent to an activating group) is 1. The van der Waals surface area contributed by atoms with Gasteiger partial charge in [0, 0.05) is 19.5 Å². The van der Waals surface area contributed by atoms with Crippen LogP contribution in [0.2, 0.25) is 0 Å². The van der Waals surface area contributed by atoms with Gasteiger partial charge in [0.15, 0.2) is 0 Å². The minimum absolute atomic E-state index is 0. The summed E-state index contributed by atoms with van der Waals surface area (Å²) >= 11 is 0. The Morgan fingerprint density at radius 1 is 0.879 bits per heavy atom. The van der Waals surface area contributed by atoms with Gasteiger partial charge in [-0.05, 0) is 7.05 Å². The van der Waals surface area contributed by atoms with Crippen LogP contribution in [0.1, 0.15) is 6.42 Å². The Labute approximate surface area is 199 Å². The average Bonchev–Trinajstić information content (AvgIpc) is 2.56. The van der Waals surface area contributed by atoms with Crippen molar-refractivity contribution in [3.8, 4) is 0 Å². The van der Waals surface area contributed by atoms with Gasteiger partial charge in [0.25, 0.3) is 0 Å². The Bertz CT molecular complexity index is 645. The van der Waals surface area contributed by atoms with Gasteiger partial charge in [-0.15, -0.1) is 0 Å². The quantitative estimate of drug-likeness (QED) is 0.191. The van der Waals surface area contributed by atoms with Gasteiger partial charge in [0.1, 0.15) is 0 Å². The van der Waals surface area contributed by atoms with Gasteiger partial charge in [-0.2, -0.15) is 57.1 Å². The first-order valence-electron chi connectivity index (χ1n) is 8.05. The molecule has 0 aromatic rings. The number of aliphatic carboxylic acids is 1. The van der Waals surface area contributed by atoms with Crippen LogP contribution in [0.4, 0.5) is 57.1 Å². The molecule has 0 saturated heterocycles. The smallest absolute Gasteiger partial charge is 0.549 e. The van der Waals surface area contributed by atoms with E-state index >= 15 is 0 Å². The van der Waals surface area contributed by atoms with Crippen molar-refractivity contribution in [2.45, 2.75) is 48.3 Å². The van der Waals surface area contributed by atoms with Gasteiger partial charge in [-0.25, -0.2) is 0 Å². The molecule has 0 heterocycles. The Hall–Kier alpha value is -0.560. The molecule has 192 valence electrons. The molecule has 0 fully saturated rings. The third-order valence-corrected chi connectivity index (χ3v) is 3.79. The Kier molecular flexibility index (Phi) is 12.0. The van der Waals surface area contributed by atoms with Crippen molar-refractivity contribution in [2.75, 3.05) is 33.4 Å². The van der Waals surface area contributed by atoms with Crippen LogP contribution in [-0.2, 0) is 9.53 Å². The average molecular weight is 531 g/mol.